The Kier molecular flexibility index (Phi) is 9.11. The second kappa shape index (κ2) is 11.3. The van der Waals surface area contributed by atoms with Crippen LogP contribution in [0.2, 0.25) is 10.0 Å². The van der Waals surface area contributed by atoms with E-state index in [0.29, 0.717) is 34.8 Å². The first kappa shape index (κ1) is 22.5. The molecule has 0 aliphatic carbocycles. The van der Waals surface area contributed by atoms with Crippen molar-refractivity contribution >= 4 is 45.6 Å². The summed E-state index contributed by atoms with van der Waals surface area (Å²) in [6.07, 6.45) is -0.751. The zero-order valence-electron chi connectivity index (χ0n) is 16.1. The molecule has 154 valence electrons. The van der Waals surface area contributed by atoms with Gasteiger partial charge in [-0.05, 0) is 19.1 Å². The second-order valence-electron chi connectivity index (χ2n) is 6.11. The number of aliphatic hydroxyl groups excluding tert-OH is 1. The van der Waals surface area contributed by atoms with Crippen molar-refractivity contribution in [3.8, 4) is 5.75 Å². The van der Waals surface area contributed by atoms with Crippen molar-refractivity contribution in [2.24, 2.45) is 4.99 Å². The molecule has 28 heavy (non-hydrogen) atoms. The monoisotopic (exact) mass is 445 g/mol. The molecule has 1 aromatic heterocycles. The highest BCUT2D eigenvalue weighted by Crippen LogP contribution is 2.31. The number of nitrogens with zero attached hydrogens (tertiary/aromatic N) is 3. The summed E-state index contributed by atoms with van der Waals surface area (Å²) in [5.41, 5.74) is 0.894. The molecular formula is C18H25Cl2N5O2S. The molecule has 3 N–H and O–H groups in total. The third-order valence-electron chi connectivity index (χ3n) is 3.52. The van der Waals surface area contributed by atoms with Gasteiger partial charge in [0, 0.05) is 32.6 Å². The number of aliphatic imine (C=N–C) groups is 1. The molecule has 1 aromatic carbocycles. The van der Waals surface area contributed by atoms with E-state index in [-0.39, 0.29) is 13.2 Å². The smallest absolute Gasteiger partial charge is 0.191 e. The summed E-state index contributed by atoms with van der Waals surface area (Å²) in [7, 11) is 3.91. The number of anilines is 1. The normalized spacial score (nSPS) is 12.6. The number of rotatable bonds is 9. The Bertz CT molecular complexity index is 785. The van der Waals surface area contributed by atoms with E-state index in [1.165, 1.54) is 0 Å². The number of aromatic nitrogens is 1. The van der Waals surface area contributed by atoms with E-state index in [1.54, 1.807) is 29.5 Å². The van der Waals surface area contributed by atoms with Crippen LogP contribution in [0.4, 0.5) is 5.13 Å². The molecule has 1 heterocycles. The summed E-state index contributed by atoms with van der Waals surface area (Å²) in [6.45, 7) is 3.47. The van der Waals surface area contributed by atoms with Gasteiger partial charge in [0.2, 0.25) is 0 Å². The van der Waals surface area contributed by atoms with E-state index in [1.807, 2.05) is 31.3 Å². The summed E-state index contributed by atoms with van der Waals surface area (Å²) >= 11 is 13.6. The van der Waals surface area contributed by atoms with E-state index in [0.717, 1.165) is 10.8 Å². The Morgan fingerprint density at radius 2 is 2.14 bits per heavy atom. The summed E-state index contributed by atoms with van der Waals surface area (Å²) < 4.78 is 5.55. The number of nitrogens with one attached hydrogen (secondary N) is 2. The third kappa shape index (κ3) is 7.01. The van der Waals surface area contributed by atoms with Gasteiger partial charge in [-0.1, -0.05) is 29.3 Å². The van der Waals surface area contributed by atoms with E-state index in [4.69, 9.17) is 27.9 Å². The van der Waals surface area contributed by atoms with Crippen LogP contribution in [0, 0.1) is 0 Å². The predicted molar refractivity (Wildman–Crippen MR) is 117 cm³/mol. The molecule has 0 aliphatic heterocycles. The van der Waals surface area contributed by atoms with Crippen molar-refractivity contribution in [1.29, 1.82) is 0 Å². The maximum Gasteiger partial charge on any atom is 0.191 e. The molecule has 0 saturated heterocycles. The Hall–Kier alpha value is -1.74. The van der Waals surface area contributed by atoms with Crippen molar-refractivity contribution < 1.29 is 9.84 Å². The van der Waals surface area contributed by atoms with E-state index in [2.05, 4.69) is 20.6 Å². The number of thiazole rings is 1. The standard InChI is InChI=1S/C18H25Cl2N5O2S/c1-4-21-17(22-8-12-11-28-18(24-12)25(2)3)23-9-13(26)10-27-15-7-5-6-14(19)16(15)20/h5-7,11,13,26H,4,8-10H2,1-3H3,(H2,21,22,23). The average Bonchev–Trinajstić information content (AvgIpc) is 3.14. The van der Waals surface area contributed by atoms with Gasteiger partial charge in [0.15, 0.2) is 11.1 Å². The van der Waals surface area contributed by atoms with Crippen LogP contribution < -0.4 is 20.3 Å². The zero-order valence-corrected chi connectivity index (χ0v) is 18.4. The topological polar surface area (TPSA) is 82.0 Å². The van der Waals surface area contributed by atoms with Crippen LogP contribution in [0.15, 0.2) is 28.6 Å². The van der Waals surface area contributed by atoms with Crippen LogP contribution >= 0.6 is 34.5 Å². The van der Waals surface area contributed by atoms with E-state index >= 15 is 0 Å². The van der Waals surface area contributed by atoms with Gasteiger partial charge in [-0.15, -0.1) is 11.3 Å². The van der Waals surface area contributed by atoms with Gasteiger partial charge in [-0.25, -0.2) is 9.98 Å². The first-order valence-corrected chi connectivity index (χ1v) is 10.4. The van der Waals surface area contributed by atoms with Gasteiger partial charge in [0.05, 0.1) is 17.3 Å². The van der Waals surface area contributed by atoms with Crippen LogP contribution in [0.5, 0.6) is 5.75 Å². The third-order valence-corrected chi connectivity index (χ3v) is 5.38. The summed E-state index contributed by atoms with van der Waals surface area (Å²) in [5.74, 6) is 1.04. The molecule has 0 amide bonds. The van der Waals surface area contributed by atoms with Crippen molar-refractivity contribution in [3.63, 3.8) is 0 Å². The van der Waals surface area contributed by atoms with Crippen molar-refractivity contribution in [2.75, 3.05) is 38.7 Å². The van der Waals surface area contributed by atoms with Crippen LogP contribution in [0.1, 0.15) is 12.6 Å². The molecule has 0 spiro atoms. The summed E-state index contributed by atoms with van der Waals surface area (Å²) in [5, 5.41) is 20.1. The summed E-state index contributed by atoms with van der Waals surface area (Å²) in [4.78, 5) is 11.0. The van der Waals surface area contributed by atoms with Gasteiger partial charge in [-0.2, -0.15) is 0 Å². The minimum Gasteiger partial charge on any atom is -0.489 e. The molecule has 2 aromatic rings. The second-order valence-corrected chi connectivity index (χ2v) is 7.73. The molecule has 0 fully saturated rings. The van der Waals surface area contributed by atoms with E-state index in [9.17, 15) is 5.11 Å². The molecule has 0 bridgehead atoms. The molecule has 0 radical (unpaired) electrons. The first-order valence-electron chi connectivity index (χ1n) is 8.79. The average molecular weight is 446 g/mol. The van der Waals surface area contributed by atoms with Crippen molar-refractivity contribution in [3.05, 3.63) is 39.3 Å². The number of benzene rings is 1. The fraction of sp³-hybridized carbons (Fsp3) is 0.444. The maximum atomic E-state index is 10.2. The number of hydrogen-bond acceptors (Lipinski definition) is 6. The quantitative estimate of drug-likeness (QED) is 0.406. The van der Waals surface area contributed by atoms with Crippen LogP contribution in [0.3, 0.4) is 0 Å². The van der Waals surface area contributed by atoms with Crippen LogP contribution in [0.25, 0.3) is 0 Å². The lowest BCUT2D eigenvalue weighted by Crippen LogP contribution is -2.42. The molecule has 7 nitrogen and oxygen atoms in total. The fourth-order valence-corrected chi connectivity index (χ4v) is 3.23. The number of guanidine groups is 1. The minimum atomic E-state index is -0.751. The molecule has 1 unspecified atom stereocenters. The van der Waals surface area contributed by atoms with Gasteiger partial charge in [0.1, 0.15) is 23.5 Å². The molecule has 10 heteroatoms. The lowest BCUT2D eigenvalue weighted by molar-refractivity contribution is 0.110. The lowest BCUT2D eigenvalue weighted by atomic mass is 10.3. The largest absolute Gasteiger partial charge is 0.489 e. The van der Waals surface area contributed by atoms with Crippen LogP contribution in [-0.4, -0.2) is 55.9 Å². The van der Waals surface area contributed by atoms with Gasteiger partial charge in [-0.3, -0.25) is 0 Å². The van der Waals surface area contributed by atoms with Gasteiger partial charge >= 0.3 is 0 Å². The Balaban J connectivity index is 1.84. The van der Waals surface area contributed by atoms with Crippen LogP contribution in [-0.2, 0) is 6.54 Å². The SMILES string of the molecule is CCNC(=NCc1csc(N(C)C)n1)NCC(O)COc1cccc(Cl)c1Cl. The van der Waals surface area contributed by atoms with Gasteiger partial charge in [0.25, 0.3) is 0 Å². The Morgan fingerprint density at radius 1 is 1.36 bits per heavy atom. The van der Waals surface area contributed by atoms with Crippen molar-refractivity contribution in [2.45, 2.75) is 19.6 Å². The number of hydrogen-bond donors (Lipinski definition) is 3. The Labute approximate surface area is 179 Å². The number of ether oxygens (including phenoxy) is 1. The number of halogens is 2. The maximum absolute atomic E-state index is 10.2. The molecule has 0 saturated carbocycles. The molecule has 0 aliphatic rings. The van der Waals surface area contributed by atoms with Crippen molar-refractivity contribution in [1.82, 2.24) is 15.6 Å². The molecule has 2 rings (SSSR count). The lowest BCUT2D eigenvalue weighted by Gasteiger charge is -2.16. The first-order chi connectivity index (χ1) is 13.4. The highest BCUT2D eigenvalue weighted by molar-refractivity contribution is 7.13. The minimum absolute atomic E-state index is 0.0742. The highest BCUT2D eigenvalue weighted by atomic mass is 35.5. The predicted octanol–water partition coefficient (Wildman–Crippen LogP) is 3.01. The number of aliphatic hydroxyl groups is 1. The fourth-order valence-electron chi connectivity index (χ4n) is 2.13. The van der Waals surface area contributed by atoms with E-state index < -0.39 is 6.10 Å². The summed E-state index contributed by atoms with van der Waals surface area (Å²) in [6, 6.07) is 5.12. The zero-order chi connectivity index (χ0) is 20.5. The molecule has 1 atom stereocenters. The Morgan fingerprint density at radius 3 is 2.82 bits per heavy atom. The highest BCUT2D eigenvalue weighted by Gasteiger charge is 2.10. The van der Waals surface area contributed by atoms with Gasteiger partial charge < -0.3 is 25.4 Å². The molecular weight excluding hydrogens is 421 g/mol.